The van der Waals surface area contributed by atoms with Crippen molar-refractivity contribution in [3.05, 3.63) is 48.0 Å². The number of rotatable bonds is 10. The Morgan fingerprint density at radius 2 is 1.80 bits per heavy atom. The van der Waals surface area contributed by atoms with Crippen molar-refractivity contribution in [2.45, 2.75) is 51.9 Å². The minimum Gasteiger partial charge on any atom is -0.481 e. The maximum absolute atomic E-state index is 10.9. The Hall–Kier alpha value is -1.57. The summed E-state index contributed by atoms with van der Waals surface area (Å²) in [4.78, 5) is 10.9. The van der Waals surface area contributed by atoms with Gasteiger partial charge in [-0.25, -0.2) is 0 Å². The number of hydrogen-bond donors (Lipinski definition) is 1. The van der Waals surface area contributed by atoms with Crippen molar-refractivity contribution in [3.63, 3.8) is 0 Å². The molecule has 0 saturated carbocycles. The summed E-state index contributed by atoms with van der Waals surface area (Å²) in [5.74, 6) is -0.819. The number of allylic oxidation sites excluding steroid dienone is 2. The van der Waals surface area contributed by atoms with Gasteiger partial charge in [-0.3, -0.25) is 4.79 Å². The molecular weight excluding hydrogens is 248 g/mol. The zero-order valence-corrected chi connectivity index (χ0v) is 12.4. The molecule has 1 atom stereocenters. The van der Waals surface area contributed by atoms with E-state index in [0.717, 1.165) is 38.5 Å². The van der Waals surface area contributed by atoms with Crippen LogP contribution < -0.4 is 0 Å². The first kappa shape index (κ1) is 16.5. The van der Waals surface area contributed by atoms with Gasteiger partial charge in [-0.1, -0.05) is 49.4 Å². The predicted octanol–water partition coefficient (Wildman–Crippen LogP) is 4.85. The molecule has 0 bridgehead atoms. The molecule has 2 heteroatoms. The highest BCUT2D eigenvalue weighted by Gasteiger charge is 2.13. The van der Waals surface area contributed by atoms with E-state index in [0.29, 0.717) is 0 Å². The van der Waals surface area contributed by atoms with Gasteiger partial charge in [0.1, 0.15) is 0 Å². The molecule has 0 heterocycles. The van der Waals surface area contributed by atoms with Crippen LogP contribution in [-0.4, -0.2) is 11.1 Å². The summed E-state index contributed by atoms with van der Waals surface area (Å²) in [5.41, 5.74) is 1.40. The maximum Gasteiger partial charge on any atom is 0.306 e. The first-order valence-electron chi connectivity index (χ1n) is 7.65. The number of aryl methyl sites for hydroxylation is 1. The summed E-state index contributed by atoms with van der Waals surface area (Å²) in [6.45, 7) is 1.94. The Bertz CT molecular complexity index is 395. The summed E-state index contributed by atoms with van der Waals surface area (Å²) >= 11 is 0. The lowest BCUT2D eigenvalue weighted by Gasteiger charge is -2.07. The molecule has 1 aromatic carbocycles. The quantitative estimate of drug-likeness (QED) is 0.489. The van der Waals surface area contributed by atoms with Gasteiger partial charge in [0.15, 0.2) is 0 Å². The van der Waals surface area contributed by atoms with Gasteiger partial charge in [0.25, 0.3) is 0 Å². The Labute approximate surface area is 122 Å². The van der Waals surface area contributed by atoms with Crippen molar-refractivity contribution in [1.29, 1.82) is 0 Å². The fourth-order valence-electron chi connectivity index (χ4n) is 2.29. The average Bonchev–Trinajstić information content (AvgIpc) is 2.46. The third-order valence-corrected chi connectivity index (χ3v) is 3.61. The molecule has 2 nitrogen and oxygen atoms in total. The summed E-state index contributed by atoms with van der Waals surface area (Å²) in [6, 6.07) is 10.5. The largest absolute Gasteiger partial charge is 0.481 e. The molecule has 1 N–H and O–H groups in total. The Balaban J connectivity index is 2.04. The van der Waals surface area contributed by atoms with E-state index in [4.69, 9.17) is 5.11 Å². The van der Waals surface area contributed by atoms with Crippen LogP contribution in [0.4, 0.5) is 0 Å². The molecule has 0 aromatic heterocycles. The molecule has 0 amide bonds. The van der Waals surface area contributed by atoms with Crippen LogP contribution in [0, 0.1) is 5.92 Å². The summed E-state index contributed by atoms with van der Waals surface area (Å²) in [7, 11) is 0. The van der Waals surface area contributed by atoms with Crippen LogP contribution in [0.5, 0.6) is 0 Å². The van der Waals surface area contributed by atoms with E-state index in [1.807, 2.05) is 13.0 Å². The van der Waals surface area contributed by atoms with Crippen molar-refractivity contribution in [2.24, 2.45) is 5.92 Å². The molecule has 0 aliphatic heterocycles. The number of aliphatic carboxylic acids is 1. The summed E-state index contributed by atoms with van der Waals surface area (Å²) in [5, 5.41) is 8.94. The van der Waals surface area contributed by atoms with Crippen molar-refractivity contribution < 1.29 is 9.90 Å². The second-order valence-electron chi connectivity index (χ2n) is 5.22. The van der Waals surface area contributed by atoms with Crippen LogP contribution in [0.1, 0.15) is 51.0 Å². The van der Waals surface area contributed by atoms with Crippen molar-refractivity contribution >= 4 is 5.97 Å². The van der Waals surface area contributed by atoms with Gasteiger partial charge in [-0.05, 0) is 50.5 Å². The highest BCUT2D eigenvalue weighted by Crippen LogP contribution is 2.13. The zero-order valence-electron chi connectivity index (χ0n) is 12.4. The van der Waals surface area contributed by atoms with E-state index in [1.165, 1.54) is 12.0 Å². The van der Waals surface area contributed by atoms with Gasteiger partial charge in [0.05, 0.1) is 5.92 Å². The monoisotopic (exact) mass is 274 g/mol. The average molecular weight is 274 g/mol. The highest BCUT2D eigenvalue weighted by molar-refractivity contribution is 5.69. The lowest BCUT2D eigenvalue weighted by molar-refractivity contribution is -0.142. The van der Waals surface area contributed by atoms with E-state index < -0.39 is 5.97 Å². The van der Waals surface area contributed by atoms with Gasteiger partial charge in [-0.2, -0.15) is 0 Å². The molecule has 0 fully saturated rings. The normalized spacial score (nSPS) is 12.7. The number of hydrogen-bond acceptors (Lipinski definition) is 1. The van der Waals surface area contributed by atoms with Crippen molar-refractivity contribution in [3.8, 4) is 0 Å². The molecule has 0 aliphatic rings. The lowest BCUT2D eigenvalue weighted by Crippen LogP contribution is -2.11. The van der Waals surface area contributed by atoms with Gasteiger partial charge >= 0.3 is 5.97 Å². The molecule has 20 heavy (non-hydrogen) atoms. The van der Waals surface area contributed by atoms with Crippen LogP contribution in [0.15, 0.2) is 42.5 Å². The molecule has 1 rings (SSSR count). The molecule has 0 radical (unpaired) electrons. The third-order valence-electron chi connectivity index (χ3n) is 3.61. The molecule has 0 aliphatic carbocycles. The van der Waals surface area contributed by atoms with Crippen LogP contribution in [0.2, 0.25) is 0 Å². The standard InChI is InChI=1S/C18H26O2/c1-2-17(18(19)20)15-11-6-4-3-5-8-12-16-13-9-7-10-14-16/h3-4,7,9-10,13-14,17H,2,5-6,8,11-12,15H2,1H3,(H,19,20). The van der Waals surface area contributed by atoms with Crippen LogP contribution in [0.3, 0.4) is 0 Å². The maximum atomic E-state index is 10.9. The summed E-state index contributed by atoms with van der Waals surface area (Å²) in [6.07, 6.45) is 11.3. The lowest BCUT2D eigenvalue weighted by atomic mass is 9.99. The van der Waals surface area contributed by atoms with Gasteiger partial charge < -0.3 is 5.11 Å². The van der Waals surface area contributed by atoms with Gasteiger partial charge in [0.2, 0.25) is 0 Å². The van der Waals surface area contributed by atoms with E-state index in [-0.39, 0.29) is 5.92 Å². The van der Waals surface area contributed by atoms with E-state index in [2.05, 4.69) is 36.4 Å². The van der Waals surface area contributed by atoms with E-state index in [1.54, 1.807) is 0 Å². The molecule has 1 unspecified atom stereocenters. The highest BCUT2D eigenvalue weighted by atomic mass is 16.4. The molecule has 0 saturated heterocycles. The van der Waals surface area contributed by atoms with Crippen LogP contribution in [-0.2, 0) is 11.2 Å². The van der Waals surface area contributed by atoms with Crippen molar-refractivity contribution in [1.82, 2.24) is 0 Å². The van der Waals surface area contributed by atoms with Crippen LogP contribution in [0.25, 0.3) is 0 Å². The third kappa shape index (κ3) is 7.13. The zero-order chi connectivity index (χ0) is 14.6. The smallest absolute Gasteiger partial charge is 0.306 e. The second kappa shape index (κ2) is 10.2. The SMILES string of the molecule is CCC(CCCC=CCCCc1ccccc1)C(=O)O. The van der Waals surface area contributed by atoms with Crippen LogP contribution >= 0.6 is 0 Å². The number of carboxylic acids is 1. The number of carbonyl (C=O) groups is 1. The number of benzene rings is 1. The first-order chi connectivity index (χ1) is 9.74. The Morgan fingerprint density at radius 3 is 2.40 bits per heavy atom. The second-order valence-corrected chi connectivity index (χ2v) is 5.22. The number of unbranched alkanes of at least 4 members (excludes halogenated alkanes) is 2. The minimum atomic E-state index is -0.653. The number of carboxylic acid groups (broad SMARTS) is 1. The fourth-order valence-corrected chi connectivity index (χ4v) is 2.29. The fraction of sp³-hybridized carbons (Fsp3) is 0.500. The molecule has 0 spiro atoms. The van der Waals surface area contributed by atoms with E-state index >= 15 is 0 Å². The van der Waals surface area contributed by atoms with Crippen molar-refractivity contribution in [2.75, 3.05) is 0 Å². The molecular formula is C18H26O2. The molecule has 110 valence electrons. The Morgan fingerprint density at radius 1 is 1.15 bits per heavy atom. The Kier molecular flexibility index (Phi) is 8.44. The first-order valence-corrected chi connectivity index (χ1v) is 7.65. The topological polar surface area (TPSA) is 37.3 Å². The predicted molar refractivity (Wildman–Crippen MR) is 83.8 cm³/mol. The van der Waals surface area contributed by atoms with Gasteiger partial charge in [-0.15, -0.1) is 0 Å². The summed E-state index contributed by atoms with van der Waals surface area (Å²) < 4.78 is 0. The van der Waals surface area contributed by atoms with E-state index in [9.17, 15) is 4.79 Å². The minimum absolute atomic E-state index is 0.165. The molecule has 1 aromatic rings. The van der Waals surface area contributed by atoms with Gasteiger partial charge in [0, 0.05) is 0 Å².